The molecule has 2 aliphatic rings. The van der Waals surface area contributed by atoms with Crippen LogP contribution in [-0.2, 0) is 4.79 Å². The summed E-state index contributed by atoms with van der Waals surface area (Å²) in [5.74, 6) is 3.12. The van der Waals surface area contributed by atoms with E-state index in [1.807, 2.05) is 92.2 Å². The van der Waals surface area contributed by atoms with E-state index in [1.165, 1.54) is 0 Å². The molecule has 2 aromatic carbocycles. The number of allylic oxidation sites excluding steroid dienone is 2. The smallest absolute Gasteiger partial charge is 0.222 e. The molecule has 2 fully saturated rings. The number of nitrogens with zero attached hydrogens (tertiary/aromatic N) is 5. The minimum Gasteiger partial charge on any atom is -0.342 e. The first-order valence-electron chi connectivity index (χ1n) is 19.5. The van der Waals surface area contributed by atoms with E-state index in [1.54, 1.807) is 0 Å². The van der Waals surface area contributed by atoms with Crippen molar-refractivity contribution in [1.29, 1.82) is 10.5 Å². The molecule has 6 heteroatoms. The van der Waals surface area contributed by atoms with Gasteiger partial charge in [-0.2, -0.15) is 10.5 Å². The standard InChI is InChI=1S/C48H52N5O/c1-31-15-16-36(44(33(31)3)24-22-42-20-18-40(30-52-42)46-14-10-8-12-38(46)28-50)26-48(54)53(6)47-25-32(2)34(4)43(35(47)5)23-21-41-19-17-39(29-51-41)45-13-9-7-11-37(45)27-49/h7-14,16-24,29-36,43-44,47H,15,25-26H2,1-6H3/b23-21+,24-22+/t31-,32-,33+,34+,35-,36-,43-,44-,47+/m0/s1. The van der Waals surface area contributed by atoms with E-state index in [0.717, 1.165) is 46.5 Å². The summed E-state index contributed by atoms with van der Waals surface area (Å²) in [5, 5.41) is 19.1. The largest absolute Gasteiger partial charge is 0.342 e. The van der Waals surface area contributed by atoms with Gasteiger partial charge in [0.15, 0.2) is 0 Å². The van der Waals surface area contributed by atoms with Crippen LogP contribution in [-0.4, -0.2) is 33.9 Å². The molecular weight excluding hydrogens is 663 g/mol. The van der Waals surface area contributed by atoms with E-state index in [2.05, 4.69) is 82.4 Å². The molecule has 0 N–H and O–H groups in total. The van der Waals surface area contributed by atoms with E-state index < -0.39 is 0 Å². The summed E-state index contributed by atoms with van der Waals surface area (Å²) in [6.07, 6.45) is 17.4. The zero-order valence-electron chi connectivity index (χ0n) is 32.4. The number of pyridine rings is 2. The molecule has 4 aromatic rings. The van der Waals surface area contributed by atoms with Crippen LogP contribution in [0.5, 0.6) is 0 Å². The second-order valence-corrected chi connectivity index (χ2v) is 15.8. The topological polar surface area (TPSA) is 93.7 Å². The molecular formula is C48H52N5O. The molecule has 2 heterocycles. The lowest BCUT2D eigenvalue weighted by atomic mass is 9.65. The van der Waals surface area contributed by atoms with Crippen molar-refractivity contribution >= 4 is 18.1 Å². The summed E-state index contributed by atoms with van der Waals surface area (Å²) in [6, 6.07) is 28.0. The van der Waals surface area contributed by atoms with Gasteiger partial charge >= 0.3 is 0 Å². The quantitative estimate of drug-likeness (QED) is 0.172. The second kappa shape index (κ2) is 17.2. The number of aromatic nitrogens is 2. The Morgan fingerprint density at radius 1 is 0.722 bits per heavy atom. The Morgan fingerprint density at radius 2 is 1.24 bits per heavy atom. The third kappa shape index (κ3) is 8.40. The average molecular weight is 715 g/mol. The summed E-state index contributed by atoms with van der Waals surface area (Å²) < 4.78 is 0. The number of carbonyl (C=O) groups is 1. The first-order valence-corrected chi connectivity index (χ1v) is 19.5. The Labute approximate surface area is 322 Å². The van der Waals surface area contributed by atoms with Gasteiger partial charge in [0.2, 0.25) is 5.91 Å². The molecule has 1 amide bonds. The predicted molar refractivity (Wildman–Crippen MR) is 218 cm³/mol. The van der Waals surface area contributed by atoms with Crippen molar-refractivity contribution in [3.63, 3.8) is 0 Å². The van der Waals surface area contributed by atoms with E-state index in [4.69, 9.17) is 9.97 Å². The Balaban J connectivity index is 1.12. The predicted octanol–water partition coefficient (Wildman–Crippen LogP) is 10.5. The van der Waals surface area contributed by atoms with Crippen molar-refractivity contribution < 1.29 is 4.79 Å². The molecule has 9 atom stereocenters. The molecule has 0 saturated heterocycles. The number of benzene rings is 2. The number of nitriles is 2. The van der Waals surface area contributed by atoms with E-state index in [-0.39, 0.29) is 23.8 Å². The SMILES string of the molecule is C[C@H]1[C@@H](/C=C/c2ccc(-c3ccccc3C#N)cn2)[C@H](C)[C@@H](C)C[C@H]1N(C)C(=O)C[C@@H]1[CH]C[C@H](C)[C@@H](C)[C@@H]1/C=C/c1ccc(-c2ccccc2C#N)cn1. The van der Waals surface area contributed by atoms with Gasteiger partial charge in [-0.1, -0.05) is 95.3 Å². The third-order valence-corrected chi connectivity index (χ3v) is 12.7. The first-order chi connectivity index (χ1) is 26.1. The average Bonchev–Trinajstić information content (AvgIpc) is 3.20. The van der Waals surface area contributed by atoms with Crippen molar-refractivity contribution in [1.82, 2.24) is 14.9 Å². The van der Waals surface area contributed by atoms with Crippen LogP contribution in [0.3, 0.4) is 0 Å². The molecule has 54 heavy (non-hydrogen) atoms. The van der Waals surface area contributed by atoms with E-state index in [9.17, 15) is 15.3 Å². The fourth-order valence-electron chi connectivity index (χ4n) is 8.80. The molecule has 6 rings (SSSR count). The summed E-state index contributed by atoms with van der Waals surface area (Å²) >= 11 is 0. The summed E-state index contributed by atoms with van der Waals surface area (Å²) in [7, 11) is 2.02. The van der Waals surface area contributed by atoms with Gasteiger partial charge < -0.3 is 4.90 Å². The molecule has 6 nitrogen and oxygen atoms in total. The normalized spacial score (nSPS) is 27.0. The Morgan fingerprint density at radius 3 is 1.76 bits per heavy atom. The lowest BCUT2D eigenvalue weighted by Crippen LogP contribution is -2.50. The van der Waals surface area contributed by atoms with Crippen LogP contribution in [0.15, 0.2) is 97.3 Å². The monoisotopic (exact) mass is 714 g/mol. The number of carbonyl (C=O) groups excluding carboxylic acids is 1. The van der Waals surface area contributed by atoms with Crippen LogP contribution in [0.2, 0.25) is 0 Å². The highest BCUT2D eigenvalue weighted by molar-refractivity contribution is 5.77. The van der Waals surface area contributed by atoms with Gasteiger partial charge in [0.25, 0.3) is 0 Å². The van der Waals surface area contributed by atoms with Crippen molar-refractivity contribution in [2.24, 2.45) is 47.3 Å². The number of hydrogen-bond acceptors (Lipinski definition) is 5. The highest BCUT2D eigenvalue weighted by Gasteiger charge is 2.41. The zero-order chi connectivity index (χ0) is 38.4. The maximum absolute atomic E-state index is 14.2. The molecule has 0 unspecified atom stereocenters. The minimum atomic E-state index is 0.152. The summed E-state index contributed by atoms with van der Waals surface area (Å²) in [6.45, 7) is 11.6. The minimum absolute atomic E-state index is 0.152. The van der Waals surface area contributed by atoms with Gasteiger partial charge in [-0.3, -0.25) is 14.8 Å². The fraction of sp³-hybridized carbons (Fsp3) is 0.375. The summed E-state index contributed by atoms with van der Waals surface area (Å²) in [5.41, 5.74) is 6.66. The molecule has 0 spiro atoms. The van der Waals surface area contributed by atoms with Gasteiger partial charge in [-0.05, 0) is 103 Å². The van der Waals surface area contributed by atoms with Crippen molar-refractivity contribution in [3.8, 4) is 34.4 Å². The fourth-order valence-corrected chi connectivity index (χ4v) is 8.80. The van der Waals surface area contributed by atoms with Crippen molar-refractivity contribution in [3.05, 3.63) is 126 Å². The van der Waals surface area contributed by atoms with Gasteiger partial charge in [-0.25, -0.2) is 0 Å². The van der Waals surface area contributed by atoms with Gasteiger partial charge in [-0.15, -0.1) is 0 Å². The molecule has 2 aliphatic carbocycles. The molecule has 275 valence electrons. The zero-order valence-corrected chi connectivity index (χ0v) is 32.4. The van der Waals surface area contributed by atoms with Crippen LogP contribution in [0.4, 0.5) is 0 Å². The second-order valence-electron chi connectivity index (χ2n) is 15.8. The van der Waals surface area contributed by atoms with Gasteiger partial charge in [0.05, 0.1) is 34.7 Å². The van der Waals surface area contributed by atoms with Gasteiger partial charge in [0.1, 0.15) is 0 Å². The summed E-state index contributed by atoms with van der Waals surface area (Å²) in [4.78, 5) is 25.7. The van der Waals surface area contributed by atoms with Crippen molar-refractivity contribution in [2.45, 2.75) is 59.9 Å². The highest BCUT2D eigenvalue weighted by Crippen LogP contribution is 2.44. The van der Waals surface area contributed by atoms with E-state index in [0.29, 0.717) is 53.1 Å². The molecule has 0 bridgehead atoms. The first kappa shape index (κ1) is 38.4. The number of hydrogen-bond donors (Lipinski definition) is 0. The van der Waals surface area contributed by atoms with Crippen LogP contribution in [0.25, 0.3) is 34.4 Å². The van der Waals surface area contributed by atoms with E-state index >= 15 is 0 Å². The number of rotatable bonds is 9. The van der Waals surface area contributed by atoms with Crippen LogP contribution >= 0.6 is 0 Å². The Kier molecular flexibility index (Phi) is 12.2. The van der Waals surface area contributed by atoms with Crippen LogP contribution < -0.4 is 0 Å². The maximum atomic E-state index is 14.2. The third-order valence-electron chi connectivity index (χ3n) is 12.7. The maximum Gasteiger partial charge on any atom is 0.222 e. The molecule has 2 aromatic heterocycles. The van der Waals surface area contributed by atoms with Crippen LogP contribution in [0, 0.1) is 76.4 Å². The van der Waals surface area contributed by atoms with Crippen molar-refractivity contribution in [2.75, 3.05) is 7.05 Å². The van der Waals surface area contributed by atoms with Gasteiger partial charge in [0, 0.05) is 54.2 Å². The lowest BCUT2D eigenvalue weighted by molar-refractivity contribution is -0.136. The Hall–Kier alpha value is -5.33. The highest BCUT2D eigenvalue weighted by atomic mass is 16.2. The van der Waals surface area contributed by atoms with Crippen LogP contribution in [0.1, 0.15) is 76.4 Å². The molecule has 0 aliphatic heterocycles. The molecule has 1 radical (unpaired) electrons. The number of amides is 1. The Bertz CT molecular complexity index is 2050. The lowest BCUT2D eigenvalue weighted by Gasteiger charge is -2.47. The molecule has 2 saturated carbocycles.